The SMILES string of the molecule is CC1=Cc2c(ccc3c2CC(C)(C)C3)C1[Si]1(C2C(C)=Cc3c2ccc2c3CC(C)(C)C2)CCCC1. The van der Waals surface area contributed by atoms with E-state index >= 15 is 0 Å². The lowest BCUT2D eigenvalue weighted by molar-refractivity contribution is 0.392. The van der Waals surface area contributed by atoms with Gasteiger partial charge in [0.15, 0.2) is 0 Å². The summed E-state index contributed by atoms with van der Waals surface area (Å²) < 4.78 is 0. The number of hydrogen-bond acceptors (Lipinski definition) is 0. The summed E-state index contributed by atoms with van der Waals surface area (Å²) in [6.07, 6.45) is 13.2. The van der Waals surface area contributed by atoms with Crippen molar-refractivity contribution in [1.29, 1.82) is 0 Å². The number of allylic oxidation sites excluding steroid dienone is 2. The van der Waals surface area contributed by atoms with Gasteiger partial charge in [-0.15, -0.1) is 0 Å². The van der Waals surface area contributed by atoms with Crippen molar-refractivity contribution in [2.45, 2.75) is 103 Å². The van der Waals surface area contributed by atoms with Gasteiger partial charge in [-0.25, -0.2) is 0 Å². The van der Waals surface area contributed by atoms with Crippen molar-refractivity contribution in [2.24, 2.45) is 10.8 Å². The summed E-state index contributed by atoms with van der Waals surface area (Å²) in [7, 11) is -1.67. The normalized spacial score (nSPS) is 28.4. The quantitative estimate of drug-likeness (QED) is 0.378. The Balaban J connectivity index is 1.37. The van der Waals surface area contributed by atoms with Crippen LogP contribution in [0, 0.1) is 10.8 Å². The highest BCUT2D eigenvalue weighted by atomic mass is 28.3. The third kappa shape index (κ3) is 3.09. The van der Waals surface area contributed by atoms with Gasteiger partial charge in [-0.2, -0.15) is 0 Å². The van der Waals surface area contributed by atoms with E-state index in [0.717, 1.165) is 0 Å². The Bertz CT molecular complexity index is 1230. The zero-order valence-electron chi connectivity index (χ0n) is 22.8. The highest BCUT2D eigenvalue weighted by Crippen LogP contribution is 2.60. The summed E-state index contributed by atoms with van der Waals surface area (Å²) in [6, 6.07) is 13.2. The summed E-state index contributed by atoms with van der Waals surface area (Å²) in [5.74, 6) is 0. The first-order valence-corrected chi connectivity index (χ1v) is 16.8. The predicted molar refractivity (Wildman–Crippen MR) is 153 cm³/mol. The lowest BCUT2D eigenvalue weighted by Crippen LogP contribution is -2.45. The van der Waals surface area contributed by atoms with E-state index in [9.17, 15) is 0 Å². The van der Waals surface area contributed by atoms with Crippen LogP contribution in [0.3, 0.4) is 0 Å². The van der Waals surface area contributed by atoms with Crippen molar-refractivity contribution < 1.29 is 0 Å². The maximum Gasteiger partial charge on any atom is 0.0781 e. The number of hydrogen-bond donors (Lipinski definition) is 0. The molecule has 2 unspecified atom stereocenters. The molecular weight excluding hydrogens is 436 g/mol. The summed E-state index contributed by atoms with van der Waals surface area (Å²) in [5.41, 5.74) is 19.0. The van der Waals surface area contributed by atoms with E-state index in [2.05, 4.69) is 78.0 Å². The van der Waals surface area contributed by atoms with E-state index in [-0.39, 0.29) is 0 Å². The largest absolute Gasteiger partial charge is 0.0781 e. The smallest absolute Gasteiger partial charge is 0.0679 e. The Morgan fingerprint density at radius 1 is 0.629 bits per heavy atom. The molecule has 1 aliphatic heterocycles. The number of benzene rings is 2. The molecule has 182 valence electrons. The minimum Gasteiger partial charge on any atom is -0.0679 e. The second-order valence-corrected chi connectivity index (χ2v) is 19.2. The third-order valence-corrected chi connectivity index (χ3v) is 17.0. The highest BCUT2D eigenvalue weighted by molar-refractivity contribution is 6.84. The average Bonchev–Trinajstić information content (AvgIpc) is 3.54. The molecule has 2 atom stereocenters. The van der Waals surface area contributed by atoms with Gasteiger partial charge in [0.1, 0.15) is 0 Å². The standard InChI is InChI=1S/C34H42Si/c1-21-15-27-25(11-9-23-17-33(3,4)19-29(23)27)31(21)35(13-7-8-14-35)32-22(2)16-28-26(32)12-10-24-18-34(5,6)20-30(24)28/h9-12,15-16,31-32H,7-8,13-14,17-20H2,1-6H3. The van der Waals surface area contributed by atoms with Crippen LogP contribution in [0.2, 0.25) is 12.1 Å². The monoisotopic (exact) mass is 478 g/mol. The van der Waals surface area contributed by atoms with Crippen molar-refractivity contribution in [3.05, 3.63) is 79.9 Å². The summed E-state index contributed by atoms with van der Waals surface area (Å²) in [4.78, 5) is 0. The van der Waals surface area contributed by atoms with E-state index in [1.54, 1.807) is 55.7 Å². The molecule has 2 aromatic carbocycles. The second-order valence-electron chi connectivity index (χ2n) is 14.5. The average molecular weight is 479 g/mol. The molecule has 0 bridgehead atoms. The molecule has 7 rings (SSSR count). The van der Waals surface area contributed by atoms with E-state index in [4.69, 9.17) is 0 Å². The van der Waals surface area contributed by atoms with Gasteiger partial charge in [-0.1, -0.05) is 100 Å². The van der Waals surface area contributed by atoms with Gasteiger partial charge >= 0.3 is 0 Å². The molecule has 35 heavy (non-hydrogen) atoms. The summed E-state index contributed by atoms with van der Waals surface area (Å²) in [5, 5.41) is 0. The first-order chi connectivity index (χ1) is 16.6. The zero-order valence-corrected chi connectivity index (χ0v) is 23.8. The van der Waals surface area contributed by atoms with E-state index in [0.29, 0.717) is 21.9 Å². The molecule has 1 heteroatoms. The summed E-state index contributed by atoms with van der Waals surface area (Å²) in [6.45, 7) is 14.8. The van der Waals surface area contributed by atoms with Gasteiger partial charge in [-0.3, -0.25) is 0 Å². The fraction of sp³-hybridized carbons (Fsp3) is 0.529. The number of rotatable bonds is 2. The zero-order chi connectivity index (χ0) is 24.3. The molecule has 0 amide bonds. The third-order valence-electron chi connectivity index (χ3n) is 10.6. The van der Waals surface area contributed by atoms with Crippen LogP contribution < -0.4 is 0 Å². The number of fused-ring (bicyclic) bond motifs is 6. The molecule has 0 aromatic heterocycles. The first kappa shape index (κ1) is 22.3. The van der Waals surface area contributed by atoms with Crippen molar-refractivity contribution in [3.8, 4) is 0 Å². The molecule has 1 fully saturated rings. The molecule has 0 N–H and O–H groups in total. The molecule has 1 saturated heterocycles. The van der Waals surface area contributed by atoms with Gasteiger partial charge in [0, 0.05) is 11.1 Å². The minimum absolute atomic E-state index is 0.414. The molecule has 5 aliphatic rings. The minimum atomic E-state index is -1.67. The van der Waals surface area contributed by atoms with Crippen molar-refractivity contribution >= 4 is 20.2 Å². The van der Waals surface area contributed by atoms with Gasteiger partial charge in [0.05, 0.1) is 8.07 Å². The molecule has 1 heterocycles. The Labute approximate surface area is 213 Å². The molecule has 2 aromatic rings. The van der Waals surface area contributed by atoms with Gasteiger partial charge in [-0.05, 0) is 94.9 Å². The Morgan fingerprint density at radius 3 is 1.49 bits per heavy atom. The fourth-order valence-corrected chi connectivity index (χ4v) is 16.9. The van der Waals surface area contributed by atoms with Crippen LogP contribution in [0.5, 0.6) is 0 Å². The molecule has 0 saturated carbocycles. The molecular formula is C34H42Si. The topological polar surface area (TPSA) is 0 Å². The highest BCUT2D eigenvalue weighted by Gasteiger charge is 2.55. The van der Waals surface area contributed by atoms with Crippen molar-refractivity contribution in [1.82, 2.24) is 0 Å². The second kappa shape index (κ2) is 7.12. The first-order valence-electron chi connectivity index (χ1n) is 14.2. The van der Waals surface area contributed by atoms with Gasteiger partial charge in [0.2, 0.25) is 0 Å². The van der Waals surface area contributed by atoms with Crippen LogP contribution in [0.15, 0.2) is 35.4 Å². The van der Waals surface area contributed by atoms with E-state index in [1.807, 2.05) is 0 Å². The lowest BCUT2D eigenvalue weighted by atomic mass is 9.90. The van der Waals surface area contributed by atoms with Crippen molar-refractivity contribution in [3.63, 3.8) is 0 Å². The van der Waals surface area contributed by atoms with Gasteiger partial charge in [0.25, 0.3) is 0 Å². The Hall–Kier alpha value is -1.86. The molecule has 4 aliphatic carbocycles. The van der Waals surface area contributed by atoms with Crippen LogP contribution >= 0.6 is 0 Å². The van der Waals surface area contributed by atoms with Gasteiger partial charge < -0.3 is 0 Å². The van der Waals surface area contributed by atoms with Crippen LogP contribution in [0.1, 0.15) is 110 Å². The van der Waals surface area contributed by atoms with Crippen LogP contribution in [-0.4, -0.2) is 8.07 Å². The molecule has 0 nitrogen and oxygen atoms in total. The van der Waals surface area contributed by atoms with E-state index < -0.39 is 8.07 Å². The van der Waals surface area contributed by atoms with Crippen LogP contribution in [0.25, 0.3) is 12.2 Å². The predicted octanol–water partition coefficient (Wildman–Crippen LogP) is 8.96. The Morgan fingerprint density at radius 2 is 1.06 bits per heavy atom. The fourth-order valence-electron chi connectivity index (χ4n) is 9.58. The maximum atomic E-state index is 2.65. The van der Waals surface area contributed by atoms with Crippen LogP contribution in [0.4, 0.5) is 0 Å². The maximum absolute atomic E-state index is 2.65. The van der Waals surface area contributed by atoms with E-state index in [1.165, 1.54) is 50.6 Å². The molecule has 0 radical (unpaired) electrons. The van der Waals surface area contributed by atoms with Crippen molar-refractivity contribution in [2.75, 3.05) is 0 Å². The summed E-state index contributed by atoms with van der Waals surface area (Å²) >= 11 is 0. The molecule has 0 spiro atoms. The van der Waals surface area contributed by atoms with Crippen LogP contribution in [-0.2, 0) is 25.7 Å². The lowest BCUT2D eigenvalue weighted by Gasteiger charge is -2.42. The Kier molecular flexibility index (Phi) is 4.55.